The molecule has 10 heteroatoms. The SMILES string of the molecule is C\C=C(/C=N/C(=C/CCC)C(C)(C)O)Cc1ccc(OC(F)F)c(-c2ccnc(OC(F)F)c2)c1F. The number of nitrogens with zero attached hydrogens (tertiary/aromatic N) is 2. The molecule has 0 atom stereocenters. The molecule has 5 nitrogen and oxygen atoms in total. The molecule has 0 aliphatic rings. The smallest absolute Gasteiger partial charge is 0.388 e. The van der Waals surface area contributed by atoms with Crippen LogP contribution in [0.2, 0.25) is 0 Å². The highest BCUT2D eigenvalue weighted by molar-refractivity contribution is 5.81. The Hall–Kier alpha value is -3.27. The molecule has 0 aliphatic carbocycles. The van der Waals surface area contributed by atoms with Gasteiger partial charge in [-0.15, -0.1) is 0 Å². The van der Waals surface area contributed by atoms with E-state index in [1.807, 2.05) is 13.0 Å². The molecule has 0 amide bonds. The zero-order chi connectivity index (χ0) is 26.9. The Labute approximate surface area is 207 Å². The molecule has 36 heavy (non-hydrogen) atoms. The third-order valence-corrected chi connectivity index (χ3v) is 5.02. The molecule has 0 spiro atoms. The van der Waals surface area contributed by atoms with Gasteiger partial charge in [0.05, 0.1) is 11.3 Å². The van der Waals surface area contributed by atoms with Crippen molar-refractivity contribution < 1.29 is 36.5 Å². The summed E-state index contributed by atoms with van der Waals surface area (Å²) in [6.45, 7) is 0.529. The molecule has 196 valence electrons. The normalized spacial score (nSPS) is 13.2. The van der Waals surface area contributed by atoms with Crippen molar-refractivity contribution in [1.29, 1.82) is 0 Å². The molecule has 0 saturated heterocycles. The van der Waals surface area contributed by atoms with E-state index in [4.69, 9.17) is 0 Å². The van der Waals surface area contributed by atoms with E-state index >= 15 is 4.39 Å². The van der Waals surface area contributed by atoms with Gasteiger partial charge in [0.2, 0.25) is 5.88 Å². The molecule has 0 bridgehead atoms. The fourth-order valence-corrected chi connectivity index (χ4v) is 3.26. The van der Waals surface area contributed by atoms with Crippen LogP contribution in [-0.4, -0.2) is 35.1 Å². The maximum Gasteiger partial charge on any atom is 0.388 e. The van der Waals surface area contributed by atoms with E-state index < -0.39 is 36.3 Å². The zero-order valence-corrected chi connectivity index (χ0v) is 20.4. The Morgan fingerprint density at radius 2 is 1.83 bits per heavy atom. The van der Waals surface area contributed by atoms with Crippen LogP contribution in [0, 0.1) is 5.82 Å². The first-order chi connectivity index (χ1) is 17.0. The van der Waals surface area contributed by atoms with Crippen LogP contribution in [0.25, 0.3) is 11.1 Å². The number of hydrogen-bond acceptors (Lipinski definition) is 5. The largest absolute Gasteiger partial charge is 0.434 e. The fraction of sp³-hybridized carbons (Fsp3) is 0.385. The highest BCUT2D eigenvalue weighted by Crippen LogP contribution is 2.37. The minimum Gasteiger partial charge on any atom is -0.434 e. The molecule has 0 fully saturated rings. The molecule has 2 rings (SSSR count). The predicted octanol–water partition coefficient (Wildman–Crippen LogP) is 7.11. The molecule has 0 aliphatic heterocycles. The fourth-order valence-electron chi connectivity index (χ4n) is 3.26. The Bertz CT molecular complexity index is 1110. The number of unbranched alkanes of at least 4 members (excludes halogenated alkanes) is 1. The Morgan fingerprint density at radius 1 is 1.14 bits per heavy atom. The summed E-state index contributed by atoms with van der Waals surface area (Å²) in [7, 11) is 0. The van der Waals surface area contributed by atoms with Gasteiger partial charge in [-0.3, -0.25) is 4.99 Å². The van der Waals surface area contributed by atoms with E-state index in [1.54, 1.807) is 26.8 Å². The quantitative estimate of drug-likeness (QED) is 0.243. The first-order valence-electron chi connectivity index (χ1n) is 11.3. The van der Waals surface area contributed by atoms with Crippen molar-refractivity contribution >= 4 is 6.21 Å². The van der Waals surface area contributed by atoms with Gasteiger partial charge in [0.25, 0.3) is 0 Å². The van der Waals surface area contributed by atoms with Gasteiger partial charge in [0.1, 0.15) is 17.2 Å². The van der Waals surface area contributed by atoms with Crippen molar-refractivity contribution in [2.24, 2.45) is 4.99 Å². The molecule has 2 aromatic rings. The lowest BCUT2D eigenvalue weighted by molar-refractivity contribution is -0.0528. The number of aliphatic hydroxyl groups is 1. The second-order valence-corrected chi connectivity index (χ2v) is 8.29. The van der Waals surface area contributed by atoms with Crippen LogP contribution in [0.5, 0.6) is 11.6 Å². The topological polar surface area (TPSA) is 63.9 Å². The molecule has 1 aromatic heterocycles. The molecule has 1 heterocycles. The van der Waals surface area contributed by atoms with Crippen molar-refractivity contribution in [1.82, 2.24) is 4.98 Å². The number of rotatable bonds is 12. The number of benzene rings is 1. The van der Waals surface area contributed by atoms with Crippen molar-refractivity contribution in [3.05, 3.63) is 65.3 Å². The zero-order valence-electron chi connectivity index (χ0n) is 20.4. The van der Waals surface area contributed by atoms with Gasteiger partial charge in [-0.05, 0) is 56.0 Å². The van der Waals surface area contributed by atoms with E-state index in [2.05, 4.69) is 19.5 Å². The molecule has 0 radical (unpaired) electrons. The summed E-state index contributed by atoms with van der Waals surface area (Å²) < 4.78 is 75.6. The van der Waals surface area contributed by atoms with Gasteiger partial charge >= 0.3 is 13.2 Å². The van der Waals surface area contributed by atoms with Gasteiger partial charge < -0.3 is 14.6 Å². The molecule has 1 aromatic carbocycles. The van der Waals surface area contributed by atoms with Crippen molar-refractivity contribution in [2.75, 3.05) is 0 Å². The second kappa shape index (κ2) is 13.2. The minimum absolute atomic E-state index is 0.0295. The number of aromatic nitrogens is 1. The summed E-state index contributed by atoms with van der Waals surface area (Å²) in [5, 5.41) is 10.4. The Kier molecular flexibility index (Phi) is 10.6. The number of hydrogen-bond donors (Lipinski definition) is 1. The maximum atomic E-state index is 15.7. The van der Waals surface area contributed by atoms with E-state index in [9.17, 15) is 22.7 Å². The van der Waals surface area contributed by atoms with Crippen molar-refractivity contribution in [2.45, 2.75) is 65.8 Å². The van der Waals surface area contributed by atoms with Gasteiger partial charge in [-0.2, -0.15) is 17.6 Å². The first-order valence-corrected chi connectivity index (χ1v) is 11.3. The van der Waals surface area contributed by atoms with Crippen LogP contribution in [0.15, 0.2) is 58.9 Å². The first kappa shape index (κ1) is 29.0. The van der Waals surface area contributed by atoms with Crippen LogP contribution < -0.4 is 9.47 Å². The number of halogens is 5. The second-order valence-electron chi connectivity index (χ2n) is 8.29. The third-order valence-electron chi connectivity index (χ3n) is 5.02. The lowest BCUT2D eigenvalue weighted by atomic mass is 9.97. The summed E-state index contributed by atoms with van der Waals surface area (Å²) in [6.07, 6.45) is 7.74. The molecular formula is C26H29F5N2O3. The van der Waals surface area contributed by atoms with E-state index in [-0.39, 0.29) is 23.1 Å². The number of allylic oxidation sites excluding steroid dienone is 3. The molecule has 0 unspecified atom stereocenters. The van der Waals surface area contributed by atoms with Gasteiger partial charge in [0.15, 0.2) is 0 Å². The van der Waals surface area contributed by atoms with Crippen LogP contribution >= 0.6 is 0 Å². The summed E-state index contributed by atoms with van der Waals surface area (Å²) in [6, 6.07) is 4.77. The number of pyridine rings is 1. The number of aliphatic imine (C=N–C) groups is 1. The highest BCUT2D eigenvalue weighted by Gasteiger charge is 2.21. The predicted molar refractivity (Wildman–Crippen MR) is 128 cm³/mol. The van der Waals surface area contributed by atoms with Crippen molar-refractivity contribution in [3.63, 3.8) is 0 Å². The highest BCUT2D eigenvalue weighted by atomic mass is 19.3. The van der Waals surface area contributed by atoms with E-state index in [1.165, 1.54) is 24.4 Å². The van der Waals surface area contributed by atoms with Crippen LogP contribution in [-0.2, 0) is 6.42 Å². The van der Waals surface area contributed by atoms with Crippen LogP contribution in [0.4, 0.5) is 22.0 Å². The summed E-state index contributed by atoms with van der Waals surface area (Å²) >= 11 is 0. The summed E-state index contributed by atoms with van der Waals surface area (Å²) in [5.41, 5.74) is -0.391. The molecule has 0 saturated carbocycles. The average molecular weight is 513 g/mol. The third kappa shape index (κ3) is 8.44. The van der Waals surface area contributed by atoms with E-state index in [0.29, 0.717) is 17.7 Å². The molecular weight excluding hydrogens is 483 g/mol. The van der Waals surface area contributed by atoms with Gasteiger partial charge in [-0.25, -0.2) is 9.37 Å². The monoisotopic (exact) mass is 512 g/mol. The number of alkyl halides is 4. The van der Waals surface area contributed by atoms with Crippen molar-refractivity contribution in [3.8, 4) is 22.8 Å². The van der Waals surface area contributed by atoms with Gasteiger partial charge in [-0.1, -0.05) is 31.6 Å². The van der Waals surface area contributed by atoms with Gasteiger partial charge in [0, 0.05) is 24.9 Å². The minimum atomic E-state index is -3.24. The van der Waals surface area contributed by atoms with E-state index in [0.717, 1.165) is 18.7 Å². The van der Waals surface area contributed by atoms with Crippen LogP contribution in [0.1, 0.15) is 46.1 Å². The standard InChI is InChI=1S/C26H29F5N2O3/c1-5-7-8-20(26(3,4)34)33-15-16(6-2)13-18-9-10-19(35-24(28)29)22(23(18)27)17-11-12-32-21(14-17)36-25(30)31/h6,8-12,14-15,24-25,34H,5,7,13H2,1-4H3/b16-6-,20-8+,33-15+. The number of ether oxygens (including phenoxy) is 2. The summed E-state index contributed by atoms with van der Waals surface area (Å²) in [5.74, 6) is -1.85. The summed E-state index contributed by atoms with van der Waals surface area (Å²) in [4.78, 5) is 8.01. The maximum absolute atomic E-state index is 15.7. The average Bonchev–Trinajstić information content (AvgIpc) is 2.78. The lowest BCUT2D eigenvalue weighted by Gasteiger charge is -2.18. The lowest BCUT2D eigenvalue weighted by Crippen LogP contribution is -2.21. The Morgan fingerprint density at radius 3 is 2.42 bits per heavy atom. The Balaban J connectivity index is 2.48. The van der Waals surface area contributed by atoms with Crippen LogP contribution in [0.3, 0.4) is 0 Å². The molecule has 1 N–H and O–H groups in total.